The van der Waals surface area contributed by atoms with E-state index in [1.807, 2.05) is 24.3 Å². The molecule has 4 heteroatoms. The first kappa shape index (κ1) is 16.4. The molecule has 3 rings (SSSR count). The van der Waals surface area contributed by atoms with Crippen LogP contribution in [-0.2, 0) is 12.0 Å². The molecule has 0 heterocycles. The largest absolute Gasteiger partial charge is 0.497 e. The highest BCUT2D eigenvalue weighted by atomic mass is 16.5. The Morgan fingerprint density at radius 1 is 1.08 bits per heavy atom. The number of methoxy groups -OCH3 is 1. The fourth-order valence-corrected chi connectivity index (χ4v) is 2.86. The number of aryl methyl sites for hydroxylation is 1. The van der Waals surface area contributed by atoms with Crippen molar-refractivity contribution in [2.24, 2.45) is 0 Å². The van der Waals surface area contributed by atoms with Crippen LogP contribution in [-0.4, -0.2) is 19.7 Å². The Balaban J connectivity index is 1.48. The average molecular weight is 324 g/mol. The Hall–Kier alpha value is -2.49. The molecule has 0 bridgehead atoms. The molecule has 0 aliphatic heterocycles. The summed E-state index contributed by atoms with van der Waals surface area (Å²) in [6.07, 6.45) is 2.80. The SMILES string of the molecule is COc1ccc(CCNC(=O)NC2(c3ccc(C)cc3)CC2)cc1. The number of amides is 2. The number of carbonyl (C=O) groups excluding carboxylic acids is 1. The molecular weight excluding hydrogens is 300 g/mol. The molecule has 2 aromatic rings. The summed E-state index contributed by atoms with van der Waals surface area (Å²) in [6.45, 7) is 2.69. The first-order chi connectivity index (χ1) is 11.6. The maximum atomic E-state index is 12.2. The predicted octanol–water partition coefficient (Wildman–Crippen LogP) is 3.53. The number of ether oxygens (including phenoxy) is 1. The van der Waals surface area contributed by atoms with Crippen LogP contribution in [0.3, 0.4) is 0 Å². The van der Waals surface area contributed by atoms with Crippen molar-refractivity contribution in [2.75, 3.05) is 13.7 Å². The second kappa shape index (κ2) is 6.95. The standard InChI is InChI=1S/C20H24N2O2/c1-15-3-7-17(8-4-15)20(12-13-20)22-19(23)21-14-11-16-5-9-18(24-2)10-6-16/h3-10H,11-14H2,1-2H3,(H2,21,22,23). The number of benzene rings is 2. The van der Waals surface area contributed by atoms with Gasteiger partial charge in [0.2, 0.25) is 0 Å². The Morgan fingerprint density at radius 2 is 1.75 bits per heavy atom. The molecule has 24 heavy (non-hydrogen) atoms. The minimum atomic E-state index is -0.169. The number of carbonyl (C=O) groups is 1. The second-order valence-corrected chi connectivity index (χ2v) is 6.43. The van der Waals surface area contributed by atoms with Gasteiger partial charge in [-0.15, -0.1) is 0 Å². The van der Waals surface area contributed by atoms with Crippen molar-refractivity contribution in [3.8, 4) is 5.75 Å². The molecule has 1 aliphatic rings. The number of hydrogen-bond acceptors (Lipinski definition) is 2. The zero-order valence-electron chi connectivity index (χ0n) is 14.3. The van der Waals surface area contributed by atoms with Gasteiger partial charge in [-0.25, -0.2) is 4.79 Å². The van der Waals surface area contributed by atoms with Crippen molar-refractivity contribution in [2.45, 2.75) is 31.7 Å². The first-order valence-electron chi connectivity index (χ1n) is 8.37. The third kappa shape index (κ3) is 3.88. The Bertz CT molecular complexity index is 689. The van der Waals surface area contributed by atoms with Gasteiger partial charge >= 0.3 is 6.03 Å². The van der Waals surface area contributed by atoms with Crippen molar-refractivity contribution in [1.29, 1.82) is 0 Å². The Morgan fingerprint density at radius 3 is 2.33 bits per heavy atom. The molecule has 0 aromatic heterocycles. The topological polar surface area (TPSA) is 50.4 Å². The lowest BCUT2D eigenvalue weighted by Crippen LogP contribution is -2.42. The van der Waals surface area contributed by atoms with Crippen LogP contribution in [0.4, 0.5) is 4.79 Å². The van der Waals surface area contributed by atoms with Crippen LogP contribution in [0, 0.1) is 6.92 Å². The molecule has 126 valence electrons. The smallest absolute Gasteiger partial charge is 0.315 e. The predicted molar refractivity (Wildman–Crippen MR) is 95.3 cm³/mol. The first-order valence-corrected chi connectivity index (χ1v) is 8.37. The fraction of sp³-hybridized carbons (Fsp3) is 0.350. The summed E-state index contributed by atoms with van der Waals surface area (Å²) >= 11 is 0. The van der Waals surface area contributed by atoms with Gasteiger partial charge in [-0.3, -0.25) is 0 Å². The van der Waals surface area contributed by atoms with Crippen LogP contribution in [0.25, 0.3) is 0 Å². The van der Waals surface area contributed by atoms with Crippen LogP contribution in [0.15, 0.2) is 48.5 Å². The van der Waals surface area contributed by atoms with E-state index in [-0.39, 0.29) is 11.6 Å². The van der Waals surface area contributed by atoms with Crippen LogP contribution < -0.4 is 15.4 Å². The van der Waals surface area contributed by atoms with E-state index < -0.39 is 0 Å². The van der Waals surface area contributed by atoms with E-state index in [1.54, 1.807) is 7.11 Å². The highest BCUT2D eigenvalue weighted by Crippen LogP contribution is 2.45. The molecule has 0 radical (unpaired) electrons. The lowest BCUT2D eigenvalue weighted by atomic mass is 10.0. The molecule has 2 aromatic carbocycles. The van der Waals surface area contributed by atoms with E-state index >= 15 is 0 Å². The molecule has 4 nitrogen and oxygen atoms in total. The quantitative estimate of drug-likeness (QED) is 0.854. The van der Waals surface area contributed by atoms with E-state index in [9.17, 15) is 4.79 Å². The summed E-state index contributed by atoms with van der Waals surface area (Å²) < 4.78 is 5.14. The van der Waals surface area contributed by atoms with Gasteiger partial charge in [-0.05, 0) is 49.4 Å². The molecule has 1 fully saturated rings. The zero-order valence-corrected chi connectivity index (χ0v) is 14.3. The third-order valence-electron chi connectivity index (χ3n) is 4.57. The van der Waals surface area contributed by atoms with Gasteiger partial charge in [0, 0.05) is 6.54 Å². The number of rotatable bonds is 6. The maximum Gasteiger partial charge on any atom is 0.315 e. The van der Waals surface area contributed by atoms with E-state index in [0.717, 1.165) is 25.0 Å². The molecule has 0 atom stereocenters. The Labute approximate surface area is 143 Å². The van der Waals surface area contributed by atoms with Crippen molar-refractivity contribution < 1.29 is 9.53 Å². The summed E-state index contributed by atoms with van der Waals surface area (Å²) in [6, 6.07) is 16.2. The zero-order chi connectivity index (χ0) is 17.0. The minimum Gasteiger partial charge on any atom is -0.497 e. The van der Waals surface area contributed by atoms with Crippen molar-refractivity contribution >= 4 is 6.03 Å². The van der Waals surface area contributed by atoms with Crippen molar-refractivity contribution in [3.05, 3.63) is 65.2 Å². The summed E-state index contributed by atoms with van der Waals surface area (Å²) in [4.78, 5) is 12.2. The van der Waals surface area contributed by atoms with Crippen LogP contribution >= 0.6 is 0 Å². The molecule has 0 saturated heterocycles. The molecule has 0 spiro atoms. The highest BCUT2D eigenvalue weighted by Gasteiger charge is 2.45. The van der Waals surface area contributed by atoms with Gasteiger partial charge in [0.25, 0.3) is 0 Å². The molecular formula is C20H24N2O2. The summed E-state index contributed by atoms with van der Waals surface area (Å²) in [7, 11) is 1.66. The Kier molecular flexibility index (Phi) is 4.74. The molecule has 2 N–H and O–H groups in total. The van der Waals surface area contributed by atoms with Gasteiger partial charge in [-0.2, -0.15) is 0 Å². The summed E-state index contributed by atoms with van der Waals surface area (Å²) in [5, 5.41) is 6.09. The lowest BCUT2D eigenvalue weighted by molar-refractivity contribution is 0.236. The molecule has 1 saturated carbocycles. The van der Waals surface area contributed by atoms with Gasteiger partial charge < -0.3 is 15.4 Å². The van der Waals surface area contributed by atoms with E-state index in [1.165, 1.54) is 16.7 Å². The average Bonchev–Trinajstić information content (AvgIpc) is 3.36. The number of hydrogen-bond donors (Lipinski definition) is 2. The molecule has 0 unspecified atom stereocenters. The van der Waals surface area contributed by atoms with Gasteiger partial charge in [-0.1, -0.05) is 42.0 Å². The van der Waals surface area contributed by atoms with Crippen LogP contribution in [0.2, 0.25) is 0 Å². The maximum absolute atomic E-state index is 12.2. The molecule has 1 aliphatic carbocycles. The monoisotopic (exact) mass is 324 g/mol. The lowest BCUT2D eigenvalue weighted by Gasteiger charge is -2.18. The third-order valence-corrected chi connectivity index (χ3v) is 4.57. The van der Waals surface area contributed by atoms with Crippen LogP contribution in [0.5, 0.6) is 5.75 Å². The summed E-state index contributed by atoms with van der Waals surface area (Å²) in [5.41, 5.74) is 3.44. The minimum absolute atomic E-state index is 0.0958. The van der Waals surface area contributed by atoms with Crippen molar-refractivity contribution in [3.63, 3.8) is 0 Å². The number of urea groups is 1. The van der Waals surface area contributed by atoms with Gasteiger partial charge in [0.15, 0.2) is 0 Å². The molecule has 2 amide bonds. The van der Waals surface area contributed by atoms with Crippen molar-refractivity contribution in [1.82, 2.24) is 10.6 Å². The van der Waals surface area contributed by atoms with Gasteiger partial charge in [0.1, 0.15) is 5.75 Å². The van der Waals surface area contributed by atoms with Gasteiger partial charge in [0.05, 0.1) is 12.6 Å². The highest BCUT2D eigenvalue weighted by molar-refractivity contribution is 5.75. The van der Waals surface area contributed by atoms with E-state index in [4.69, 9.17) is 4.74 Å². The number of nitrogens with one attached hydrogen (secondary N) is 2. The van der Waals surface area contributed by atoms with Crippen LogP contribution in [0.1, 0.15) is 29.5 Å². The summed E-state index contributed by atoms with van der Waals surface area (Å²) in [5.74, 6) is 0.846. The normalized spacial score (nSPS) is 14.8. The fourth-order valence-electron chi connectivity index (χ4n) is 2.86. The van der Waals surface area contributed by atoms with E-state index in [2.05, 4.69) is 41.8 Å². The van der Waals surface area contributed by atoms with E-state index in [0.29, 0.717) is 6.54 Å². The second-order valence-electron chi connectivity index (χ2n) is 6.43.